The minimum Gasteiger partial charge on any atom is -0.491 e. The molecule has 1 rings (SSSR count). The average molecular weight is 137 g/mol. The van der Waals surface area contributed by atoms with Crippen LogP contribution in [0.15, 0.2) is 0 Å². The van der Waals surface area contributed by atoms with Crippen LogP contribution in [0.5, 0.6) is 5.88 Å². The van der Waals surface area contributed by atoms with Crippen molar-refractivity contribution in [1.82, 2.24) is 9.97 Å². The fraction of sp³-hybridized carbons (Fsp3) is 0.333. The zero-order valence-electron chi connectivity index (χ0n) is 5.55. The number of nitrogens with one attached hydrogen (secondary N) is 1. The fourth-order valence-electron chi connectivity index (χ4n) is 0.657. The Morgan fingerprint density at radius 1 is 1.80 bits per heavy atom. The van der Waals surface area contributed by atoms with E-state index in [0.717, 1.165) is 0 Å². The Balaban J connectivity index is 3.07. The molecule has 0 atom stereocenters. The zero-order chi connectivity index (χ0) is 7.56. The number of nitrogens with zero attached hydrogens (tertiary/aromatic N) is 2. The van der Waals surface area contributed by atoms with E-state index in [1.54, 1.807) is 6.07 Å². The summed E-state index contributed by atoms with van der Waals surface area (Å²) in [6.45, 7) is 1.89. The first-order valence-electron chi connectivity index (χ1n) is 2.96. The molecule has 1 aromatic heterocycles. The number of aromatic nitrogens is 2. The number of aryl methyl sites for hydroxylation is 1. The number of H-pyrrole nitrogens is 1. The van der Waals surface area contributed by atoms with Gasteiger partial charge >= 0.3 is 0 Å². The van der Waals surface area contributed by atoms with Gasteiger partial charge in [0, 0.05) is 6.42 Å². The molecule has 10 heavy (non-hydrogen) atoms. The van der Waals surface area contributed by atoms with Gasteiger partial charge in [0.15, 0.2) is 5.69 Å². The summed E-state index contributed by atoms with van der Waals surface area (Å²) >= 11 is 0. The van der Waals surface area contributed by atoms with Crippen molar-refractivity contribution in [1.29, 1.82) is 5.26 Å². The normalized spacial score (nSPS) is 9.20. The minimum atomic E-state index is -0.209. The first kappa shape index (κ1) is 6.62. The summed E-state index contributed by atoms with van der Waals surface area (Å²) < 4.78 is 0. The maximum Gasteiger partial charge on any atom is 0.248 e. The first-order chi connectivity index (χ1) is 4.77. The lowest BCUT2D eigenvalue weighted by Crippen LogP contribution is -1.80. The third-order valence-corrected chi connectivity index (χ3v) is 1.18. The molecule has 0 amide bonds. The number of nitriles is 1. The van der Waals surface area contributed by atoms with E-state index in [9.17, 15) is 0 Å². The van der Waals surface area contributed by atoms with Crippen molar-refractivity contribution < 1.29 is 5.11 Å². The summed E-state index contributed by atoms with van der Waals surface area (Å²) in [6.07, 6.45) is 0.690. The predicted octanol–water partition coefficient (Wildman–Crippen LogP) is 0.549. The van der Waals surface area contributed by atoms with Gasteiger partial charge in [0.1, 0.15) is 11.9 Å². The average Bonchev–Trinajstić information content (AvgIpc) is 2.30. The van der Waals surface area contributed by atoms with E-state index >= 15 is 0 Å². The summed E-state index contributed by atoms with van der Waals surface area (Å²) in [5.41, 5.74) is 0.136. The summed E-state index contributed by atoms with van der Waals surface area (Å²) in [4.78, 5) is 6.34. The molecule has 4 heteroatoms. The second kappa shape index (κ2) is 2.40. The molecule has 1 aromatic rings. The van der Waals surface area contributed by atoms with Gasteiger partial charge in [-0.05, 0) is 0 Å². The van der Waals surface area contributed by atoms with Crippen molar-refractivity contribution >= 4 is 0 Å². The molecule has 0 saturated carbocycles. The second-order valence-electron chi connectivity index (χ2n) is 1.85. The molecule has 0 bridgehead atoms. The van der Waals surface area contributed by atoms with Crippen LogP contribution >= 0.6 is 0 Å². The lowest BCUT2D eigenvalue weighted by Gasteiger charge is -1.80. The Hall–Kier alpha value is -1.50. The van der Waals surface area contributed by atoms with Crippen LogP contribution in [0.4, 0.5) is 0 Å². The maximum absolute atomic E-state index is 8.90. The standard InChI is InChI=1S/C6H7N3O/c1-2-5-8-4(3-7)6(10)9-5/h10H,2H2,1H3,(H,8,9). The van der Waals surface area contributed by atoms with Crippen LogP contribution in [0.1, 0.15) is 18.4 Å². The molecule has 0 aliphatic rings. The van der Waals surface area contributed by atoms with Gasteiger partial charge in [-0.2, -0.15) is 10.2 Å². The molecule has 0 saturated heterocycles. The van der Waals surface area contributed by atoms with Crippen molar-refractivity contribution in [2.45, 2.75) is 13.3 Å². The molecule has 0 radical (unpaired) electrons. The quantitative estimate of drug-likeness (QED) is 0.593. The fourth-order valence-corrected chi connectivity index (χ4v) is 0.657. The highest BCUT2D eigenvalue weighted by Crippen LogP contribution is 2.10. The highest BCUT2D eigenvalue weighted by atomic mass is 16.3. The highest BCUT2D eigenvalue weighted by Gasteiger charge is 2.04. The lowest BCUT2D eigenvalue weighted by molar-refractivity contribution is 0.453. The molecular formula is C6H7N3O. The van der Waals surface area contributed by atoms with Crippen molar-refractivity contribution in [2.24, 2.45) is 0 Å². The third kappa shape index (κ3) is 0.935. The topological polar surface area (TPSA) is 72.7 Å². The summed E-state index contributed by atoms with van der Waals surface area (Å²) in [5.74, 6) is 0.424. The predicted molar refractivity (Wildman–Crippen MR) is 34.3 cm³/mol. The molecular weight excluding hydrogens is 130 g/mol. The van der Waals surface area contributed by atoms with E-state index in [2.05, 4.69) is 9.97 Å². The van der Waals surface area contributed by atoms with Gasteiger partial charge in [-0.25, -0.2) is 0 Å². The molecule has 0 unspecified atom stereocenters. The van der Waals surface area contributed by atoms with Gasteiger partial charge in [0.25, 0.3) is 0 Å². The summed E-state index contributed by atoms with van der Waals surface area (Å²) in [7, 11) is 0. The van der Waals surface area contributed by atoms with E-state index in [4.69, 9.17) is 10.4 Å². The Labute approximate surface area is 58.1 Å². The van der Waals surface area contributed by atoms with Gasteiger partial charge in [-0.3, -0.25) is 0 Å². The SMILES string of the molecule is CCc1nc(O)c(C#N)[nH]1. The van der Waals surface area contributed by atoms with Crippen LogP contribution < -0.4 is 0 Å². The van der Waals surface area contributed by atoms with Gasteiger partial charge in [0.05, 0.1) is 0 Å². The van der Waals surface area contributed by atoms with Crippen LogP contribution in [-0.4, -0.2) is 15.1 Å². The van der Waals surface area contributed by atoms with Crippen LogP contribution in [0, 0.1) is 11.3 Å². The Kier molecular flexibility index (Phi) is 1.59. The number of aromatic hydroxyl groups is 1. The molecule has 0 aliphatic carbocycles. The Morgan fingerprint density at radius 2 is 2.50 bits per heavy atom. The molecule has 0 spiro atoms. The maximum atomic E-state index is 8.90. The van der Waals surface area contributed by atoms with E-state index in [1.165, 1.54) is 0 Å². The van der Waals surface area contributed by atoms with Gasteiger partial charge in [-0.15, -0.1) is 0 Å². The molecule has 52 valence electrons. The molecule has 0 aromatic carbocycles. The van der Waals surface area contributed by atoms with Crippen molar-refractivity contribution in [3.05, 3.63) is 11.5 Å². The molecule has 2 N–H and O–H groups in total. The van der Waals surface area contributed by atoms with Gasteiger partial charge in [-0.1, -0.05) is 6.92 Å². The monoisotopic (exact) mass is 137 g/mol. The number of hydrogen-bond donors (Lipinski definition) is 2. The van der Waals surface area contributed by atoms with Crippen molar-refractivity contribution in [3.8, 4) is 11.9 Å². The summed E-state index contributed by atoms with van der Waals surface area (Å²) in [5, 5.41) is 17.2. The van der Waals surface area contributed by atoms with Crippen molar-refractivity contribution in [2.75, 3.05) is 0 Å². The largest absolute Gasteiger partial charge is 0.491 e. The van der Waals surface area contributed by atoms with E-state index < -0.39 is 0 Å². The van der Waals surface area contributed by atoms with Crippen LogP contribution in [0.25, 0.3) is 0 Å². The number of aromatic amines is 1. The lowest BCUT2D eigenvalue weighted by atomic mass is 10.5. The van der Waals surface area contributed by atoms with E-state index in [-0.39, 0.29) is 11.6 Å². The van der Waals surface area contributed by atoms with Crippen LogP contribution in [0.2, 0.25) is 0 Å². The van der Waals surface area contributed by atoms with Crippen molar-refractivity contribution in [3.63, 3.8) is 0 Å². The van der Waals surface area contributed by atoms with Crippen LogP contribution in [-0.2, 0) is 6.42 Å². The smallest absolute Gasteiger partial charge is 0.248 e. The van der Waals surface area contributed by atoms with Gasteiger partial charge < -0.3 is 10.1 Å². The van der Waals surface area contributed by atoms with Gasteiger partial charge in [0.2, 0.25) is 5.88 Å². The summed E-state index contributed by atoms with van der Waals surface area (Å²) in [6, 6.07) is 1.78. The third-order valence-electron chi connectivity index (χ3n) is 1.18. The zero-order valence-corrected chi connectivity index (χ0v) is 5.55. The molecule has 4 nitrogen and oxygen atoms in total. The highest BCUT2D eigenvalue weighted by molar-refractivity contribution is 5.31. The minimum absolute atomic E-state index is 0.136. The number of imidazole rings is 1. The molecule has 1 heterocycles. The number of hydrogen-bond acceptors (Lipinski definition) is 3. The van der Waals surface area contributed by atoms with Crippen LogP contribution in [0.3, 0.4) is 0 Å². The van der Waals surface area contributed by atoms with E-state index in [1.807, 2.05) is 6.92 Å². The molecule has 0 aliphatic heterocycles. The van der Waals surface area contributed by atoms with E-state index in [0.29, 0.717) is 12.2 Å². The Morgan fingerprint density at radius 3 is 2.80 bits per heavy atom. The first-order valence-corrected chi connectivity index (χ1v) is 2.96. The Bertz CT molecular complexity index is 271. The number of rotatable bonds is 1. The second-order valence-corrected chi connectivity index (χ2v) is 1.85. The molecule has 0 fully saturated rings.